The Balaban J connectivity index is 2.51. The fourth-order valence-corrected chi connectivity index (χ4v) is 2.07. The van der Waals surface area contributed by atoms with E-state index in [9.17, 15) is 14.7 Å². The summed E-state index contributed by atoms with van der Waals surface area (Å²) in [6, 6.07) is 4.72. The number of nitrogens with one attached hydrogen (secondary N) is 2. The molecule has 24 heavy (non-hydrogen) atoms. The number of rotatable bonds is 10. The fourth-order valence-electron chi connectivity index (χ4n) is 2.07. The number of carbonyl (C=O) groups excluding carboxylic acids is 2. The third kappa shape index (κ3) is 7.46. The quantitative estimate of drug-likeness (QED) is 0.451. The van der Waals surface area contributed by atoms with E-state index in [1.54, 1.807) is 6.07 Å². The maximum atomic E-state index is 11.9. The highest BCUT2D eigenvalue weighted by Crippen LogP contribution is 2.23. The lowest BCUT2D eigenvalue weighted by molar-refractivity contribution is -0.116. The Hall–Kier alpha value is -2.08. The molecule has 0 saturated heterocycles. The molecule has 0 aliphatic rings. The lowest BCUT2D eigenvalue weighted by Gasteiger charge is -2.10. The lowest BCUT2D eigenvalue weighted by atomic mass is 10.1. The summed E-state index contributed by atoms with van der Waals surface area (Å²) in [5.74, 6) is -0.909. The first-order chi connectivity index (χ1) is 11.4. The first kappa shape index (κ1) is 20.0. The van der Waals surface area contributed by atoms with Crippen LogP contribution in [0, 0.1) is 0 Å². The number of hydrogen-bond acceptors (Lipinski definition) is 5. The minimum atomic E-state index is -0.553. The van der Waals surface area contributed by atoms with Crippen molar-refractivity contribution in [2.75, 3.05) is 18.5 Å². The zero-order valence-corrected chi connectivity index (χ0v) is 14.7. The molecule has 0 aromatic heterocycles. The standard InChI is InChI=1S/C18H28N2O4/c1-4-5-6-11-24-18(23)15-8-7-14(12-16(15)21)20-17(22)9-10-19-13(2)3/h7-8,12-13,19,21H,4-6,9-11H2,1-3H3,(H,20,22). The van der Waals surface area contributed by atoms with Crippen LogP contribution in [0.25, 0.3) is 0 Å². The second-order valence-corrected chi connectivity index (χ2v) is 5.98. The van der Waals surface area contributed by atoms with Gasteiger partial charge in [0.05, 0.1) is 6.61 Å². The predicted molar refractivity (Wildman–Crippen MR) is 94.3 cm³/mol. The number of benzene rings is 1. The Bertz CT molecular complexity index is 544. The van der Waals surface area contributed by atoms with Crippen molar-refractivity contribution in [3.05, 3.63) is 23.8 Å². The third-order valence-electron chi connectivity index (χ3n) is 3.39. The zero-order valence-electron chi connectivity index (χ0n) is 14.7. The summed E-state index contributed by atoms with van der Waals surface area (Å²) in [7, 11) is 0. The molecule has 134 valence electrons. The van der Waals surface area contributed by atoms with Crippen molar-refractivity contribution in [2.45, 2.75) is 52.5 Å². The Labute approximate surface area is 143 Å². The molecule has 1 aromatic carbocycles. The Morgan fingerprint density at radius 1 is 1.25 bits per heavy atom. The number of esters is 1. The van der Waals surface area contributed by atoms with Crippen molar-refractivity contribution in [2.24, 2.45) is 0 Å². The number of amides is 1. The van der Waals surface area contributed by atoms with Crippen LogP contribution in [0.1, 0.15) is 56.8 Å². The van der Waals surface area contributed by atoms with Gasteiger partial charge >= 0.3 is 5.97 Å². The van der Waals surface area contributed by atoms with Gasteiger partial charge in [0, 0.05) is 30.8 Å². The molecule has 1 amide bonds. The molecule has 3 N–H and O–H groups in total. The SMILES string of the molecule is CCCCCOC(=O)c1ccc(NC(=O)CCNC(C)C)cc1O. The number of carbonyl (C=O) groups is 2. The van der Waals surface area contributed by atoms with Crippen molar-refractivity contribution in [1.82, 2.24) is 5.32 Å². The largest absolute Gasteiger partial charge is 0.507 e. The summed E-state index contributed by atoms with van der Waals surface area (Å²) < 4.78 is 5.11. The van der Waals surface area contributed by atoms with E-state index in [1.807, 2.05) is 13.8 Å². The maximum absolute atomic E-state index is 11.9. The minimum Gasteiger partial charge on any atom is -0.507 e. The van der Waals surface area contributed by atoms with Crippen LogP contribution in [-0.4, -0.2) is 36.2 Å². The van der Waals surface area contributed by atoms with E-state index >= 15 is 0 Å². The number of hydrogen-bond donors (Lipinski definition) is 3. The summed E-state index contributed by atoms with van der Waals surface area (Å²) in [5.41, 5.74) is 0.551. The molecule has 1 rings (SSSR count). The second-order valence-electron chi connectivity index (χ2n) is 5.98. The number of anilines is 1. The summed E-state index contributed by atoms with van der Waals surface area (Å²) in [6.07, 6.45) is 3.18. The molecule has 0 spiro atoms. The van der Waals surface area contributed by atoms with Gasteiger partial charge in [-0.3, -0.25) is 4.79 Å². The van der Waals surface area contributed by atoms with Gasteiger partial charge in [-0.05, 0) is 18.6 Å². The Morgan fingerprint density at radius 3 is 2.62 bits per heavy atom. The van der Waals surface area contributed by atoms with Gasteiger partial charge in [-0.25, -0.2) is 4.79 Å². The molecule has 0 heterocycles. The highest BCUT2D eigenvalue weighted by molar-refractivity contribution is 5.95. The average Bonchev–Trinajstić information content (AvgIpc) is 2.51. The van der Waals surface area contributed by atoms with E-state index in [2.05, 4.69) is 17.6 Å². The molecule has 0 aliphatic heterocycles. The molecular formula is C18H28N2O4. The van der Waals surface area contributed by atoms with Crippen LogP contribution in [0.3, 0.4) is 0 Å². The number of ether oxygens (including phenoxy) is 1. The van der Waals surface area contributed by atoms with Gasteiger partial charge < -0.3 is 20.5 Å². The molecular weight excluding hydrogens is 308 g/mol. The van der Waals surface area contributed by atoms with Gasteiger partial charge in [-0.1, -0.05) is 33.6 Å². The van der Waals surface area contributed by atoms with Crippen LogP contribution in [-0.2, 0) is 9.53 Å². The van der Waals surface area contributed by atoms with Crippen molar-refractivity contribution < 1.29 is 19.4 Å². The number of phenolic OH excluding ortho intramolecular Hbond substituents is 1. The van der Waals surface area contributed by atoms with Crippen LogP contribution in [0.2, 0.25) is 0 Å². The monoisotopic (exact) mass is 336 g/mol. The molecule has 6 nitrogen and oxygen atoms in total. The van der Waals surface area contributed by atoms with E-state index in [0.717, 1.165) is 19.3 Å². The normalized spacial score (nSPS) is 10.7. The summed E-state index contributed by atoms with van der Waals surface area (Å²) in [6.45, 7) is 7.01. The predicted octanol–water partition coefficient (Wildman–Crippen LogP) is 3.07. The Morgan fingerprint density at radius 2 is 2.00 bits per heavy atom. The Kier molecular flexibility index (Phi) is 8.86. The zero-order chi connectivity index (χ0) is 17.9. The van der Waals surface area contributed by atoms with Crippen LogP contribution in [0.15, 0.2) is 18.2 Å². The highest BCUT2D eigenvalue weighted by atomic mass is 16.5. The smallest absolute Gasteiger partial charge is 0.341 e. The van der Waals surface area contributed by atoms with Crippen molar-refractivity contribution in [1.29, 1.82) is 0 Å². The van der Waals surface area contributed by atoms with E-state index in [-0.39, 0.29) is 17.2 Å². The number of phenols is 1. The number of unbranched alkanes of at least 4 members (excludes halogenated alkanes) is 2. The van der Waals surface area contributed by atoms with Gasteiger partial charge in [0.1, 0.15) is 11.3 Å². The van der Waals surface area contributed by atoms with Gasteiger partial charge in [0.25, 0.3) is 0 Å². The molecule has 6 heteroatoms. The summed E-state index contributed by atoms with van der Waals surface area (Å²) >= 11 is 0. The van der Waals surface area contributed by atoms with Crippen LogP contribution < -0.4 is 10.6 Å². The molecule has 0 radical (unpaired) electrons. The van der Waals surface area contributed by atoms with Crippen molar-refractivity contribution in [3.63, 3.8) is 0 Å². The molecule has 1 aromatic rings. The topological polar surface area (TPSA) is 87.7 Å². The lowest BCUT2D eigenvalue weighted by Crippen LogP contribution is -2.27. The summed E-state index contributed by atoms with van der Waals surface area (Å²) in [5, 5.41) is 15.8. The van der Waals surface area contributed by atoms with E-state index in [1.165, 1.54) is 12.1 Å². The fraction of sp³-hybridized carbons (Fsp3) is 0.556. The van der Waals surface area contributed by atoms with Gasteiger partial charge in [0.15, 0.2) is 0 Å². The van der Waals surface area contributed by atoms with Crippen LogP contribution in [0.4, 0.5) is 5.69 Å². The van der Waals surface area contributed by atoms with Gasteiger partial charge in [-0.15, -0.1) is 0 Å². The van der Waals surface area contributed by atoms with Crippen molar-refractivity contribution in [3.8, 4) is 5.75 Å². The van der Waals surface area contributed by atoms with Gasteiger partial charge in [0.2, 0.25) is 5.91 Å². The minimum absolute atomic E-state index is 0.103. The third-order valence-corrected chi connectivity index (χ3v) is 3.39. The maximum Gasteiger partial charge on any atom is 0.341 e. The molecule has 0 unspecified atom stereocenters. The first-order valence-electron chi connectivity index (χ1n) is 8.47. The highest BCUT2D eigenvalue weighted by Gasteiger charge is 2.13. The van der Waals surface area contributed by atoms with Gasteiger partial charge in [-0.2, -0.15) is 0 Å². The van der Waals surface area contributed by atoms with Crippen LogP contribution >= 0.6 is 0 Å². The van der Waals surface area contributed by atoms with E-state index < -0.39 is 5.97 Å². The summed E-state index contributed by atoms with van der Waals surface area (Å²) in [4.78, 5) is 23.7. The molecule has 0 atom stereocenters. The molecule has 0 fully saturated rings. The van der Waals surface area contributed by atoms with E-state index in [4.69, 9.17) is 4.74 Å². The molecule has 0 bridgehead atoms. The van der Waals surface area contributed by atoms with Crippen LogP contribution in [0.5, 0.6) is 5.75 Å². The average molecular weight is 336 g/mol. The van der Waals surface area contributed by atoms with Crippen molar-refractivity contribution >= 4 is 17.6 Å². The first-order valence-corrected chi connectivity index (χ1v) is 8.47. The molecule has 0 aliphatic carbocycles. The molecule has 0 saturated carbocycles. The van der Waals surface area contributed by atoms with E-state index in [0.29, 0.717) is 31.3 Å². The second kappa shape index (κ2) is 10.6. The number of aromatic hydroxyl groups is 1.